The highest BCUT2D eigenvalue weighted by molar-refractivity contribution is 9.10. The van der Waals surface area contributed by atoms with E-state index in [-0.39, 0.29) is 0 Å². The summed E-state index contributed by atoms with van der Waals surface area (Å²) in [7, 11) is -1.54. The largest absolute Gasteiger partial charge is 0.135 e. The molecule has 0 atom stereocenters. The Bertz CT molecular complexity index is 430. The van der Waals surface area contributed by atoms with Crippen LogP contribution in [0, 0.1) is 12.3 Å². The van der Waals surface area contributed by atoms with Crippen LogP contribution in [0.4, 0.5) is 0 Å². The number of terminal acetylenes is 1. The number of hydrogen-bond donors (Lipinski definition) is 0. The van der Waals surface area contributed by atoms with Gasteiger partial charge in [-0.1, -0.05) is 47.5 Å². The summed E-state index contributed by atoms with van der Waals surface area (Å²) < 4.78 is 2.66. The molecule has 0 aliphatic heterocycles. The normalized spacial score (nSPS) is 12.5. The van der Waals surface area contributed by atoms with E-state index >= 15 is 0 Å². The fourth-order valence-corrected chi connectivity index (χ4v) is 14.3. The number of halogens is 1. The number of rotatable bonds is 4. The van der Waals surface area contributed by atoms with Crippen molar-refractivity contribution in [1.29, 1.82) is 0 Å². The molecule has 1 heterocycles. The molecule has 0 N–H and O–H groups in total. The van der Waals surface area contributed by atoms with Crippen LogP contribution in [-0.4, -0.2) is 8.07 Å². The van der Waals surface area contributed by atoms with Gasteiger partial charge >= 0.3 is 0 Å². The van der Waals surface area contributed by atoms with E-state index in [2.05, 4.69) is 69.5 Å². The average Bonchev–Trinajstić information content (AvgIpc) is 2.58. The maximum absolute atomic E-state index is 5.58. The Morgan fingerprint density at radius 3 is 1.83 bits per heavy atom. The predicted molar refractivity (Wildman–Crippen MR) is 90.6 cm³/mol. The Labute approximate surface area is 125 Å². The van der Waals surface area contributed by atoms with Crippen molar-refractivity contribution in [2.75, 3.05) is 0 Å². The monoisotopic (exact) mass is 342 g/mol. The van der Waals surface area contributed by atoms with Crippen LogP contribution in [0.2, 0.25) is 16.6 Å². The lowest BCUT2D eigenvalue weighted by Gasteiger charge is -2.42. The molecule has 1 aromatic rings. The van der Waals surface area contributed by atoms with Gasteiger partial charge in [0.2, 0.25) is 0 Å². The maximum atomic E-state index is 5.58. The molecule has 3 heteroatoms. The summed E-state index contributed by atoms with van der Waals surface area (Å²) in [6.07, 6.45) is 5.58. The summed E-state index contributed by atoms with van der Waals surface area (Å²) in [5.74, 6) is 2.80. The Hall–Kier alpha value is -0.0431. The van der Waals surface area contributed by atoms with E-state index in [4.69, 9.17) is 6.42 Å². The molecule has 0 unspecified atom stereocenters. The Morgan fingerprint density at radius 1 is 1.11 bits per heavy atom. The molecular weight excluding hydrogens is 320 g/mol. The van der Waals surface area contributed by atoms with Crippen LogP contribution < -0.4 is 4.50 Å². The van der Waals surface area contributed by atoms with Crippen LogP contribution in [0.3, 0.4) is 0 Å². The summed E-state index contributed by atoms with van der Waals surface area (Å²) in [5, 5.41) is 0. The van der Waals surface area contributed by atoms with E-state index in [1.54, 1.807) is 4.50 Å². The summed E-state index contributed by atoms with van der Waals surface area (Å²) in [4.78, 5) is 1.05. The molecule has 0 aromatic carbocycles. The number of thiophene rings is 1. The topological polar surface area (TPSA) is 0 Å². The van der Waals surface area contributed by atoms with Gasteiger partial charge in [-0.3, -0.25) is 0 Å². The molecule has 0 saturated carbocycles. The molecule has 0 amide bonds. The Kier molecular flexibility index (Phi) is 5.29. The first kappa shape index (κ1) is 16.0. The predicted octanol–water partition coefficient (Wildman–Crippen LogP) is 5.38. The van der Waals surface area contributed by atoms with Crippen molar-refractivity contribution in [2.45, 2.75) is 58.2 Å². The quantitative estimate of drug-likeness (QED) is 0.509. The third kappa shape index (κ3) is 2.48. The van der Waals surface area contributed by atoms with Crippen LogP contribution >= 0.6 is 27.3 Å². The van der Waals surface area contributed by atoms with E-state index in [9.17, 15) is 0 Å². The van der Waals surface area contributed by atoms with E-state index < -0.39 is 8.07 Å². The van der Waals surface area contributed by atoms with Gasteiger partial charge in [0.15, 0.2) is 0 Å². The highest BCUT2D eigenvalue weighted by atomic mass is 79.9. The van der Waals surface area contributed by atoms with Gasteiger partial charge in [-0.15, -0.1) is 17.8 Å². The summed E-state index contributed by atoms with van der Waals surface area (Å²) in [6.45, 7) is 14.3. The standard InChI is InChI=1S/C15H23BrSSi/c1-8-14-13(16)9-15(17-14)18(10(2)3,11(4)5)12(6)7/h1,9-12H,2-7H3. The molecule has 0 aliphatic rings. The minimum absolute atomic E-state index is 0.730. The van der Waals surface area contributed by atoms with Crippen molar-refractivity contribution >= 4 is 39.8 Å². The molecule has 0 aliphatic carbocycles. The lowest BCUT2D eigenvalue weighted by atomic mass is 10.5. The van der Waals surface area contributed by atoms with Crippen molar-refractivity contribution in [3.05, 3.63) is 15.4 Å². The molecule has 0 bridgehead atoms. The molecule has 0 radical (unpaired) electrons. The highest BCUT2D eigenvalue weighted by Gasteiger charge is 2.45. The minimum atomic E-state index is -1.54. The zero-order chi connectivity index (χ0) is 14.1. The second-order valence-electron chi connectivity index (χ2n) is 5.83. The molecule has 18 heavy (non-hydrogen) atoms. The molecule has 0 spiro atoms. The second-order valence-corrected chi connectivity index (χ2v) is 14.0. The van der Waals surface area contributed by atoms with Crippen molar-refractivity contribution in [1.82, 2.24) is 0 Å². The van der Waals surface area contributed by atoms with Crippen molar-refractivity contribution in [3.8, 4) is 12.3 Å². The van der Waals surface area contributed by atoms with Gasteiger partial charge in [0.25, 0.3) is 0 Å². The van der Waals surface area contributed by atoms with E-state index in [0.29, 0.717) is 0 Å². The third-order valence-electron chi connectivity index (χ3n) is 4.11. The lowest BCUT2D eigenvalue weighted by Crippen LogP contribution is -2.54. The summed E-state index contributed by atoms with van der Waals surface area (Å²) in [6, 6.07) is 2.30. The van der Waals surface area contributed by atoms with E-state index in [1.807, 2.05) is 11.3 Å². The third-order valence-corrected chi connectivity index (χ3v) is 14.0. The van der Waals surface area contributed by atoms with Crippen LogP contribution in [0.5, 0.6) is 0 Å². The lowest BCUT2D eigenvalue weighted by molar-refractivity contribution is 0.837. The maximum Gasteiger partial charge on any atom is 0.107 e. The summed E-state index contributed by atoms with van der Waals surface area (Å²) in [5.41, 5.74) is 2.19. The van der Waals surface area contributed by atoms with Crippen molar-refractivity contribution in [2.24, 2.45) is 0 Å². The minimum Gasteiger partial charge on any atom is -0.135 e. The van der Waals surface area contributed by atoms with Crippen molar-refractivity contribution in [3.63, 3.8) is 0 Å². The van der Waals surface area contributed by atoms with Gasteiger partial charge in [-0.2, -0.15) is 0 Å². The first-order chi connectivity index (χ1) is 8.28. The van der Waals surface area contributed by atoms with Gasteiger partial charge in [-0.25, -0.2) is 0 Å². The fourth-order valence-electron chi connectivity index (χ4n) is 3.53. The second kappa shape index (κ2) is 5.94. The average molecular weight is 343 g/mol. The molecule has 0 fully saturated rings. The van der Waals surface area contributed by atoms with Gasteiger partial charge in [0.05, 0.1) is 4.88 Å². The summed E-state index contributed by atoms with van der Waals surface area (Å²) >= 11 is 5.44. The van der Waals surface area contributed by atoms with Crippen LogP contribution in [0.1, 0.15) is 46.4 Å². The SMILES string of the molecule is C#Cc1sc([Si](C(C)C)(C(C)C)C(C)C)cc1Br. The fraction of sp³-hybridized carbons (Fsp3) is 0.600. The van der Waals surface area contributed by atoms with Gasteiger partial charge in [0, 0.05) is 4.47 Å². The number of hydrogen-bond acceptors (Lipinski definition) is 1. The van der Waals surface area contributed by atoms with Crippen LogP contribution in [0.25, 0.3) is 0 Å². The first-order valence-corrected chi connectivity index (χ1v) is 10.4. The smallest absolute Gasteiger partial charge is 0.107 e. The molecule has 100 valence electrons. The van der Waals surface area contributed by atoms with Crippen LogP contribution in [-0.2, 0) is 0 Å². The molecular formula is C15H23BrSSi. The van der Waals surface area contributed by atoms with Crippen LogP contribution in [0.15, 0.2) is 10.5 Å². The highest BCUT2D eigenvalue weighted by Crippen LogP contribution is 2.43. The first-order valence-electron chi connectivity index (χ1n) is 6.54. The molecule has 1 aromatic heterocycles. The van der Waals surface area contributed by atoms with Gasteiger partial charge in [0.1, 0.15) is 8.07 Å². The Morgan fingerprint density at radius 2 is 1.56 bits per heavy atom. The zero-order valence-corrected chi connectivity index (χ0v) is 15.6. The van der Waals surface area contributed by atoms with Crippen molar-refractivity contribution < 1.29 is 0 Å². The van der Waals surface area contributed by atoms with Gasteiger partial charge < -0.3 is 0 Å². The molecule has 0 saturated heterocycles. The van der Waals surface area contributed by atoms with Gasteiger partial charge in [-0.05, 0) is 43.1 Å². The molecule has 1 rings (SSSR count). The van der Waals surface area contributed by atoms with E-state index in [1.165, 1.54) is 0 Å². The zero-order valence-electron chi connectivity index (χ0n) is 12.2. The van der Waals surface area contributed by atoms with E-state index in [0.717, 1.165) is 26.0 Å². The Balaban J connectivity index is 3.48. The molecule has 0 nitrogen and oxygen atoms in total.